The van der Waals surface area contributed by atoms with Crippen LogP contribution in [0.4, 0.5) is 0 Å². The van der Waals surface area contributed by atoms with E-state index in [1.807, 2.05) is 36.7 Å². The molecule has 0 fully saturated rings. The summed E-state index contributed by atoms with van der Waals surface area (Å²) in [7, 11) is 3.89. The summed E-state index contributed by atoms with van der Waals surface area (Å²) in [6.07, 6.45) is 4.28. The lowest BCUT2D eigenvalue weighted by Crippen LogP contribution is -2.26. The number of aromatic nitrogens is 2. The smallest absolute Gasteiger partial charge is 0.146 e. The molecule has 0 amide bonds. The Balaban J connectivity index is 2.45. The second kappa shape index (κ2) is 4.91. The number of hydrogen-bond donors (Lipinski definition) is 0. The summed E-state index contributed by atoms with van der Waals surface area (Å²) in [5.74, 6) is 1.25. The molecular formula is C10H17N3O. The minimum absolute atomic E-state index is 0.265. The molecule has 0 saturated heterocycles. The normalized spacial score (nSPS) is 10.9. The number of aryl methyl sites for hydroxylation is 1. The van der Waals surface area contributed by atoms with E-state index in [0.29, 0.717) is 13.0 Å². The largest absolute Gasteiger partial charge is 0.337 e. The number of likely N-dealkylation sites (N-methyl/N-ethyl adjacent to an activating group) is 1. The van der Waals surface area contributed by atoms with Crippen LogP contribution >= 0.6 is 0 Å². The molecule has 0 aliphatic carbocycles. The highest BCUT2D eigenvalue weighted by atomic mass is 16.1. The standard InChI is InChI=1S/C10H17N3O/c1-4-9(14)7-12(2)8-10-11-5-6-13(10)3/h5-6H,4,7-8H2,1-3H3. The van der Waals surface area contributed by atoms with E-state index >= 15 is 0 Å². The summed E-state index contributed by atoms with van der Waals surface area (Å²) in [6.45, 7) is 3.11. The van der Waals surface area contributed by atoms with Gasteiger partial charge in [0.05, 0.1) is 13.1 Å². The SMILES string of the molecule is CCC(=O)CN(C)Cc1nccn1C. The van der Waals surface area contributed by atoms with Crippen molar-refractivity contribution in [3.8, 4) is 0 Å². The summed E-state index contributed by atoms with van der Waals surface area (Å²) in [5.41, 5.74) is 0. The molecule has 0 aliphatic rings. The van der Waals surface area contributed by atoms with E-state index in [1.54, 1.807) is 6.20 Å². The van der Waals surface area contributed by atoms with Gasteiger partial charge in [-0.1, -0.05) is 6.92 Å². The van der Waals surface area contributed by atoms with Crippen LogP contribution in [0.3, 0.4) is 0 Å². The molecule has 0 radical (unpaired) electrons. The first kappa shape index (κ1) is 10.9. The number of carbonyl (C=O) groups is 1. The fourth-order valence-corrected chi connectivity index (χ4v) is 1.26. The highest BCUT2D eigenvalue weighted by Crippen LogP contribution is 1.99. The van der Waals surface area contributed by atoms with Gasteiger partial charge < -0.3 is 4.57 Å². The quantitative estimate of drug-likeness (QED) is 0.698. The van der Waals surface area contributed by atoms with E-state index in [-0.39, 0.29) is 5.78 Å². The van der Waals surface area contributed by atoms with Gasteiger partial charge in [-0.05, 0) is 7.05 Å². The van der Waals surface area contributed by atoms with E-state index in [1.165, 1.54) is 0 Å². The molecule has 1 aromatic heterocycles. The first-order valence-corrected chi connectivity index (χ1v) is 4.80. The predicted octanol–water partition coefficient (Wildman–Crippen LogP) is 0.831. The van der Waals surface area contributed by atoms with Gasteiger partial charge >= 0.3 is 0 Å². The highest BCUT2D eigenvalue weighted by molar-refractivity contribution is 5.80. The van der Waals surface area contributed by atoms with Gasteiger partial charge in [0, 0.05) is 25.9 Å². The van der Waals surface area contributed by atoms with Crippen molar-refractivity contribution in [2.45, 2.75) is 19.9 Å². The van der Waals surface area contributed by atoms with Gasteiger partial charge in [-0.25, -0.2) is 4.98 Å². The van der Waals surface area contributed by atoms with Crippen molar-refractivity contribution in [2.24, 2.45) is 7.05 Å². The van der Waals surface area contributed by atoms with Crippen LogP contribution in [0.25, 0.3) is 0 Å². The van der Waals surface area contributed by atoms with Crippen LogP contribution in [0, 0.1) is 0 Å². The molecule has 0 spiro atoms. The topological polar surface area (TPSA) is 38.1 Å². The lowest BCUT2D eigenvalue weighted by atomic mass is 10.3. The molecule has 4 heteroatoms. The molecule has 0 atom stereocenters. The van der Waals surface area contributed by atoms with Crippen molar-refractivity contribution in [3.05, 3.63) is 18.2 Å². The fourth-order valence-electron chi connectivity index (χ4n) is 1.26. The average Bonchev–Trinajstić information content (AvgIpc) is 2.51. The zero-order chi connectivity index (χ0) is 10.6. The van der Waals surface area contributed by atoms with Gasteiger partial charge in [-0.3, -0.25) is 9.69 Å². The zero-order valence-electron chi connectivity index (χ0n) is 9.03. The monoisotopic (exact) mass is 195 g/mol. The van der Waals surface area contributed by atoms with Crippen LogP contribution in [0.5, 0.6) is 0 Å². The Morgan fingerprint density at radius 3 is 2.86 bits per heavy atom. The number of Topliss-reactive ketones (excluding diaryl/α,β-unsaturated/α-hetero) is 1. The maximum Gasteiger partial charge on any atom is 0.146 e. The Kier molecular flexibility index (Phi) is 3.83. The second-order valence-corrected chi connectivity index (χ2v) is 3.52. The molecular weight excluding hydrogens is 178 g/mol. The van der Waals surface area contributed by atoms with Crippen LogP contribution in [0.15, 0.2) is 12.4 Å². The fraction of sp³-hybridized carbons (Fsp3) is 0.600. The molecule has 0 aliphatic heterocycles. The molecule has 0 bridgehead atoms. The van der Waals surface area contributed by atoms with Gasteiger partial charge in [0.1, 0.15) is 11.6 Å². The van der Waals surface area contributed by atoms with Crippen LogP contribution in [-0.4, -0.2) is 33.8 Å². The maximum absolute atomic E-state index is 11.2. The van der Waals surface area contributed by atoms with Crippen molar-refractivity contribution in [3.63, 3.8) is 0 Å². The lowest BCUT2D eigenvalue weighted by Gasteiger charge is -2.14. The lowest BCUT2D eigenvalue weighted by molar-refractivity contribution is -0.119. The first-order valence-electron chi connectivity index (χ1n) is 4.80. The molecule has 0 N–H and O–H groups in total. The van der Waals surface area contributed by atoms with Gasteiger partial charge in [0.2, 0.25) is 0 Å². The minimum atomic E-state index is 0.265. The summed E-state index contributed by atoms with van der Waals surface area (Å²) >= 11 is 0. The number of imidazole rings is 1. The predicted molar refractivity (Wildman–Crippen MR) is 54.8 cm³/mol. The van der Waals surface area contributed by atoms with Gasteiger partial charge in [-0.15, -0.1) is 0 Å². The van der Waals surface area contributed by atoms with Crippen molar-refractivity contribution >= 4 is 5.78 Å². The molecule has 1 rings (SSSR count). The van der Waals surface area contributed by atoms with E-state index in [2.05, 4.69) is 4.98 Å². The van der Waals surface area contributed by atoms with Gasteiger partial charge in [0.15, 0.2) is 0 Å². The van der Waals surface area contributed by atoms with Crippen LogP contribution in [0.1, 0.15) is 19.2 Å². The number of hydrogen-bond acceptors (Lipinski definition) is 3. The minimum Gasteiger partial charge on any atom is -0.337 e. The number of carbonyl (C=O) groups excluding carboxylic acids is 1. The number of rotatable bonds is 5. The summed E-state index contributed by atoms with van der Waals surface area (Å²) in [6, 6.07) is 0. The Morgan fingerprint density at radius 1 is 1.64 bits per heavy atom. The van der Waals surface area contributed by atoms with Gasteiger partial charge in [0.25, 0.3) is 0 Å². The third kappa shape index (κ3) is 2.96. The maximum atomic E-state index is 11.2. The van der Waals surface area contributed by atoms with Crippen molar-refractivity contribution in [2.75, 3.05) is 13.6 Å². The third-order valence-corrected chi connectivity index (χ3v) is 2.17. The molecule has 0 saturated carbocycles. The van der Waals surface area contributed by atoms with E-state index in [0.717, 1.165) is 12.4 Å². The molecule has 0 aromatic carbocycles. The molecule has 1 aromatic rings. The van der Waals surface area contributed by atoms with Crippen LogP contribution < -0.4 is 0 Å². The molecule has 78 valence electrons. The Hall–Kier alpha value is -1.16. The Morgan fingerprint density at radius 2 is 2.36 bits per heavy atom. The van der Waals surface area contributed by atoms with Gasteiger partial charge in [-0.2, -0.15) is 0 Å². The summed E-state index contributed by atoms with van der Waals surface area (Å²) < 4.78 is 1.97. The average molecular weight is 195 g/mol. The van der Waals surface area contributed by atoms with Crippen molar-refractivity contribution in [1.82, 2.24) is 14.5 Å². The molecule has 4 nitrogen and oxygen atoms in total. The van der Waals surface area contributed by atoms with Crippen molar-refractivity contribution in [1.29, 1.82) is 0 Å². The van der Waals surface area contributed by atoms with E-state index < -0.39 is 0 Å². The van der Waals surface area contributed by atoms with E-state index in [9.17, 15) is 4.79 Å². The Bertz CT molecular complexity index is 306. The van der Waals surface area contributed by atoms with Crippen LogP contribution in [-0.2, 0) is 18.4 Å². The van der Waals surface area contributed by atoms with E-state index in [4.69, 9.17) is 0 Å². The third-order valence-electron chi connectivity index (χ3n) is 2.17. The molecule has 1 heterocycles. The van der Waals surface area contributed by atoms with Crippen LogP contribution in [0.2, 0.25) is 0 Å². The summed E-state index contributed by atoms with van der Waals surface area (Å²) in [4.78, 5) is 17.3. The number of nitrogens with zero attached hydrogens (tertiary/aromatic N) is 3. The Labute approximate surface area is 84.5 Å². The zero-order valence-corrected chi connectivity index (χ0v) is 9.03. The number of ketones is 1. The van der Waals surface area contributed by atoms with Crippen molar-refractivity contribution < 1.29 is 4.79 Å². The molecule has 14 heavy (non-hydrogen) atoms. The first-order chi connectivity index (χ1) is 6.63. The molecule has 0 unspecified atom stereocenters. The second-order valence-electron chi connectivity index (χ2n) is 3.52. The summed E-state index contributed by atoms with van der Waals surface area (Å²) in [5, 5.41) is 0. The highest BCUT2D eigenvalue weighted by Gasteiger charge is 2.07.